The van der Waals surface area contributed by atoms with Crippen molar-refractivity contribution in [1.29, 1.82) is 0 Å². The Morgan fingerprint density at radius 3 is 2.50 bits per heavy atom. The summed E-state index contributed by atoms with van der Waals surface area (Å²) >= 11 is 0. The molecule has 3 aromatic rings. The maximum Gasteiger partial charge on any atom is 0.240 e. The standard InChI is InChI=1S/C22H23FN4O4S/c23-16-5-7-18(8-6-16)32(30,31)25-17-9-12-26(13-10-17)22(29)11-14-27-20-4-2-1-3-19(20)21(28)15-24-27/h1-8,15,17,25H,9-14H2. The van der Waals surface area contributed by atoms with E-state index < -0.39 is 15.8 Å². The normalized spacial score (nSPS) is 15.2. The Kier molecular flexibility index (Phi) is 6.33. The number of benzene rings is 2. The molecule has 10 heteroatoms. The van der Waals surface area contributed by atoms with Crippen LogP contribution in [0.3, 0.4) is 0 Å². The molecule has 4 rings (SSSR count). The fraction of sp³-hybridized carbons (Fsp3) is 0.318. The first-order valence-electron chi connectivity index (χ1n) is 10.3. The first kappa shape index (κ1) is 22.1. The van der Waals surface area contributed by atoms with Gasteiger partial charge in [-0.25, -0.2) is 17.5 Å². The Bertz CT molecular complexity index is 1280. The molecule has 0 unspecified atom stereocenters. The summed E-state index contributed by atoms with van der Waals surface area (Å²) in [6.07, 6.45) is 2.47. The third kappa shape index (κ3) is 4.86. The highest BCUT2D eigenvalue weighted by Gasteiger charge is 2.26. The number of rotatable bonds is 6. The number of hydrogen-bond acceptors (Lipinski definition) is 5. The van der Waals surface area contributed by atoms with Crippen LogP contribution in [-0.2, 0) is 21.4 Å². The van der Waals surface area contributed by atoms with E-state index in [2.05, 4.69) is 9.82 Å². The number of nitrogens with one attached hydrogen (secondary N) is 1. The topological polar surface area (TPSA) is 101 Å². The third-order valence-corrected chi connectivity index (χ3v) is 7.13. The molecule has 0 atom stereocenters. The van der Waals surface area contributed by atoms with Crippen LogP contribution in [0, 0.1) is 5.82 Å². The Labute approximate surface area is 184 Å². The lowest BCUT2D eigenvalue weighted by atomic mass is 10.1. The van der Waals surface area contributed by atoms with Crippen molar-refractivity contribution in [2.75, 3.05) is 13.1 Å². The van der Waals surface area contributed by atoms with Crippen LogP contribution in [0.25, 0.3) is 10.9 Å². The molecule has 1 N–H and O–H groups in total. The molecule has 0 saturated carbocycles. The molecule has 0 aliphatic carbocycles. The minimum absolute atomic E-state index is 0.0123. The van der Waals surface area contributed by atoms with E-state index in [9.17, 15) is 22.4 Å². The SMILES string of the molecule is O=C(CCn1ncc(=O)c2ccccc21)N1CCC(NS(=O)(=O)c2ccc(F)cc2)CC1. The number of aromatic nitrogens is 2. The minimum Gasteiger partial charge on any atom is -0.343 e. The Hall–Kier alpha value is -3.11. The number of aryl methyl sites for hydroxylation is 1. The molecule has 1 fully saturated rings. The van der Waals surface area contributed by atoms with Gasteiger partial charge >= 0.3 is 0 Å². The monoisotopic (exact) mass is 458 g/mol. The second-order valence-corrected chi connectivity index (χ2v) is 9.44. The number of sulfonamides is 1. The first-order chi connectivity index (χ1) is 15.3. The van der Waals surface area contributed by atoms with Gasteiger partial charge in [0.15, 0.2) is 0 Å². The molecule has 168 valence electrons. The van der Waals surface area contributed by atoms with Crippen molar-refractivity contribution in [1.82, 2.24) is 19.4 Å². The number of carbonyl (C=O) groups excluding carboxylic acids is 1. The van der Waals surface area contributed by atoms with Crippen molar-refractivity contribution in [2.45, 2.75) is 36.7 Å². The van der Waals surface area contributed by atoms with E-state index in [4.69, 9.17) is 0 Å². The molecule has 1 amide bonds. The van der Waals surface area contributed by atoms with Gasteiger partial charge in [-0.15, -0.1) is 0 Å². The Morgan fingerprint density at radius 2 is 1.78 bits per heavy atom. The summed E-state index contributed by atoms with van der Waals surface area (Å²) in [5, 5.41) is 4.70. The largest absolute Gasteiger partial charge is 0.343 e. The molecule has 2 aromatic carbocycles. The van der Waals surface area contributed by atoms with E-state index in [0.29, 0.717) is 43.4 Å². The van der Waals surface area contributed by atoms with Crippen LogP contribution >= 0.6 is 0 Å². The summed E-state index contributed by atoms with van der Waals surface area (Å²) in [5.74, 6) is -0.546. The smallest absolute Gasteiger partial charge is 0.240 e. The minimum atomic E-state index is -3.74. The maximum absolute atomic E-state index is 13.0. The molecule has 0 bridgehead atoms. The number of piperidine rings is 1. The van der Waals surface area contributed by atoms with Crippen molar-refractivity contribution in [3.05, 3.63) is 70.8 Å². The number of halogens is 1. The number of fused-ring (bicyclic) bond motifs is 1. The lowest BCUT2D eigenvalue weighted by Crippen LogP contribution is -2.46. The van der Waals surface area contributed by atoms with Gasteiger partial charge < -0.3 is 4.90 Å². The van der Waals surface area contributed by atoms with E-state index >= 15 is 0 Å². The second-order valence-electron chi connectivity index (χ2n) is 7.73. The van der Waals surface area contributed by atoms with E-state index in [1.54, 1.807) is 27.8 Å². The molecule has 0 spiro atoms. The predicted octanol–water partition coefficient (Wildman–Crippen LogP) is 1.90. The fourth-order valence-corrected chi connectivity index (χ4v) is 5.15. The molecule has 1 aliphatic rings. The van der Waals surface area contributed by atoms with Gasteiger partial charge in [0.05, 0.1) is 23.2 Å². The predicted molar refractivity (Wildman–Crippen MR) is 117 cm³/mol. The maximum atomic E-state index is 13.0. The molecule has 0 radical (unpaired) electrons. The Morgan fingerprint density at radius 1 is 1.09 bits per heavy atom. The zero-order chi connectivity index (χ0) is 22.7. The molecule has 32 heavy (non-hydrogen) atoms. The van der Waals surface area contributed by atoms with Crippen molar-refractivity contribution in [3.8, 4) is 0 Å². The van der Waals surface area contributed by atoms with Crippen molar-refractivity contribution < 1.29 is 17.6 Å². The molecule has 2 heterocycles. The van der Waals surface area contributed by atoms with Crippen LogP contribution in [0.15, 0.2) is 64.4 Å². The Balaban J connectivity index is 1.32. The number of carbonyl (C=O) groups is 1. The van der Waals surface area contributed by atoms with E-state index in [1.807, 2.05) is 6.07 Å². The highest BCUT2D eigenvalue weighted by Crippen LogP contribution is 2.17. The quantitative estimate of drug-likeness (QED) is 0.608. The zero-order valence-electron chi connectivity index (χ0n) is 17.3. The lowest BCUT2D eigenvalue weighted by molar-refractivity contribution is -0.132. The van der Waals surface area contributed by atoms with Gasteiger partial charge in [-0.1, -0.05) is 12.1 Å². The van der Waals surface area contributed by atoms with Crippen LogP contribution in [0.1, 0.15) is 19.3 Å². The number of likely N-dealkylation sites (tertiary alicyclic amines) is 1. The van der Waals surface area contributed by atoms with Crippen molar-refractivity contribution in [2.24, 2.45) is 0 Å². The molecule has 8 nitrogen and oxygen atoms in total. The van der Waals surface area contributed by atoms with Crippen LogP contribution in [0.5, 0.6) is 0 Å². The number of hydrogen-bond donors (Lipinski definition) is 1. The summed E-state index contributed by atoms with van der Waals surface area (Å²) < 4.78 is 42.3. The van der Waals surface area contributed by atoms with Gasteiger partial charge in [-0.3, -0.25) is 14.3 Å². The highest BCUT2D eigenvalue weighted by atomic mass is 32.2. The van der Waals surface area contributed by atoms with Crippen molar-refractivity contribution >= 4 is 26.8 Å². The zero-order valence-corrected chi connectivity index (χ0v) is 18.1. The van der Waals surface area contributed by atoms with Crippen LogP contribution in [0.4, 0.5) is 4.39 Å². The number of para-hydroxylation sites is 1. The summed E-state index contributed by atoms with van der Waals surface area (Å²) in [6, 6.07) is 11.5. The fourth-order valence-electron chi connectivity index (χ4n) is 3.85. The summed E-state index contributed by atoms with van der Waals surface area (Å²) in [5.41, 5.74) is 0.523. The summed E-state index contributed by atoms with van der Waals surface area (Å²) in [7, 11) is -3.74. The summed E-state index contributed by atoms with van der Waals surface area (Å²) in [4.78, 5) is 26.3. The number of nitrogens with zero attached hydrogens (tertiary/aromatic N) is 3. The van der Waals surface area contributed by atoms with Gasteiger partial charge in [0.2, 0.25) is 21.4 Å². The summed E-state index contributed by atoms with van der Waals surface area (Å²) in [6.45, 7) is 1.22. The van der Waals surface area contributed by atoms with Gasteiger partial charge in [0, 0.05) is 30.9 Å². The molecule has 1 aliphatic heterocycles. The molecule has 1 saturated heterocycles. The molecular weight excluding hydrogens is 435 g/mol. The second kappa shape index (κ2) is 9.17. The first-order valence-corrected chi connectivity index (χ1v) is 11.8. The van der Waals surface area contributed by atoms with E-state index in [1.165, 1.54) is 18.3 Å². The van der Waals surface area contributed by atoms with Crippen molar-refractivity contribution in [3.63, 3.8) is 0 Å². The highest BCUT2D eigenvalue weighted by molar-refractivity contribution is 7.89. The average Bonchev–Trinajstić information content (AvgIpc) is 2.79. The number of amides is 1. The molecule has 1 aromatic heterocycles. The van der Waals surface area contributed by atoms with Gasteiger partial charge in [-0.2, -0.15) is 5.10 Å². The van der Waals surface area contributed by atoms with Crippen LogP contribution in [-0.4, -0.2) is 48.1 Å². The average molecular weight is 459 g/mol. The van der Waals surface area contributed by atoms with Crippen LogP contribution in [0.2, 0.25) is 0 Å². The van der Waals surface area contributed by atoms with Gasteiger partial charge in [-0.05, 0) is 49.2 Å². The van der Waals surface area contributed by atoms with Gasteiger partial charge in [0.25, 0.3) is 0 Å². The van der Waals surface area contributed by atoms with Gasteiger partial charge in [0.1, 0.15) is 5.82 Å². The molecular formula is C22H23FN4O4S. The third-order valence-electron chi connectivity index (χ3n) is 5.59. The lowest BCUT2D eigenvalue weighted by Gasteiger charge is -2.32. The van der Waals surface area contributed by atoms with Crippen LogP contribution < -0.4 is 10.2 Å². The van der Waals surface area contributed by atoms with E-state index in [0.717, 1.165) is 12.1 Å². The van der Waals surface area contributed by atoms with E-state index in [-0.39, 0.29) is 28.7 Å².